The van der Waals surface area contributed by atoms with Crippen LogP contribution in [-0.2, 0) is 0 Å². The minimum Gasteiger partial charge on any atom is -0.483 e. The van der Waals surface area contributed by atoms with Crippen molar-refractivity contribution in [3.8, 4) is 5.75 Å². The van der Waals surface area contributed by atoms with Gasteiger partial charge in [-0.25, -0.2) is 0 Å². The van der Waals surface area contributed by atoms with Crippen molar-refractivity contribution in [1.29, 1.82) is 0 Å². The molecule has 1 aromatic carbocycles. The van der Waals surface area contributed by atoms with Crippen molar-refractivity contribution in [1.82, 2.24) is 0 Å². The van der Waals surface area contributed by atoms with Gasteiger partial charge in [0.05, 0.1) is 11.0 Å². The number of nitrogens with zero attached hydrogens (tertiary/aromatic N) is 1. The van der Waals surface area contributed by atoms with Gasteiger partial charge in [-0.05, 0) is 25.3 Å². The summed E-state index contributed by atoms with van der Waals surface area (Å²) in [5, 5.41) is 11.3. The lowest BCUT2D eigenvalue weighted by atomic mass is 10.2. The molecule has 15 heavy (non-hydrogen) atoms. The van der Waals surface area contributed by atoms with Crippen LogP contribution in [0.2, 0.25) is 5.02 Å². The van der Waals surface area contributed by atoms with Gasteiger partial charge < -0.3 is 4.74 Å². The van der Waals surface area contributed by atoms with Crippen molar-refractivity contribution < 1.29 is 9.66 Å². The molecule has 0 aliphatic heterocycles. The smallest absolute Gasteiger partial charge is 0.311 e. The summed E-state index contributed by atoms with van der Waals surface area (Å²) < 4.78 is 5.43. The van der Waals surface area contributed by atoms with Gasteiger partial charge in [-0.15, -0.1) is 0 Å². The number of ether oxygens (including phenoxy) is 1. The summed E-state index contributed by atoms with van der Waals surface area (Å²) in [6.45, 7) is 1.73. The van der Waals surface area contributed by atoms with Crippen LogP contribution < -0.4 is 4.74 Å². The maximum absolute atomic E-state index is 10.8. The van der Waals surface area contributed by atoms with Crippen molar-refractivity contribution >= 4 is 17.3 Å². The van der Waals surface area contributed by atoms with Gasteiger partial charge in [-0.3, -0.25) is 10.1 Å². The lowest BCUT2D eigenvalue weighted by Gasteiger charge is -2.06. The van der Waals surface area contributed by atoms with E-state index in [9.17, 15) is 10.1 Å². The highest BCUT2D eigenvalue weighted by molar-refractivity contribution is 6.31. The first-order valence-electron chi connectivity index (χ1n) is 4.69. The Hall–Kier alpha value is -1.29. The summed E-state index contributed by atoms with van der Waals surface area (Å²) in [6.07, 6.45) is 2.05. The number of halogens is 1. The molecule has 4 nitrogen and oxygen atoms in total. The van der Waals surface area contributed by atoms with Crippen LogP contribution in [0.4, 0.5) is 5.69 Å². The molecule has 0 heterocycles. The second-order valence-corrected chi connectivity index (χ2v) is 4.05. The van der Waals surface area contributed by atoms with Crippen LogP contribution in [0.15, 0.2) is 12.1 Å². The van der Waals surface area contributed by atoms with E-state index >= 15 is 0 Å². The molecule has 0 atom stereocenters. The summed E-state index contributed by atoms with van der Waals surface area (Å²) in [7, 11) is 0. The summed E-state index contributed by atoms with van der Waals surface area (Å²) in [6, 6.07) is 2.97. The molecule has 0 saturated heterocycles. The molecule has 1 fully saturated rings. The first-order chi connectivity index (χ1) is 7.08. The number of hydrogen-bond donors (Lipinski definition) is 0. The van der Waals surface area contributed by atoms with E-state index in [1.165, 1.54) is 12.1 Å². The Morgan fingerprint density at radius 3 is 2.73 bits per heavy atom. The van der Waals surface area contributed by atoms with Gasteiger partial charge in [-0.2, -0.15) is 0 Å². The van der Waals surface area contributed by atoms with Crippen LogP contribution >= 0.6 is 11.6 Å². The van der Waals surface area contributed by atoms with Crippen LogP contribution in [0.3, 0.4) is 0 Å². The zero-order valence-corrected chi connectivity index (χ0v) is 8.95. The fraction of sp³-hybridized carbons (Fsp3) is 0.400. The second kappa shape index (κ2) is 3.70. The third-order valence-corrected chi connectivity index (χ3v) is 2.66. The van der Waals surface area contributed by atoms with E-state index in [1.54, 1.807) is 6.92 Å². The van der Waals surface area contributed by atoms with Gasteiger partial charge in [0.15, 0.2) is 5.75 Å². The van der Waals surface area contributed by atoms with Gasteiger partial charge in [-0.1, -0.05) is 11.6 Å². The number of hydrogen-bond acceptors (Lipinski definition) is 3. The fourth-order valence-electron chi connectivity index (χ4n) is 1.25. The molecular formula is C10H10ClNO3. The molecule has 0 bridgehead atoms. The minimum atomic E-state index is -0.443. The van der Waals surface area contributed by atoms with E-state index in [-0.39, 0.29) is 17.5 Å². The predicted molar refractivity (Wildman–Crippen MR) is 56.5 cm³/mol. The first-order valence-corrected chi connectivity index (χ1v) is 5.07. The molecule has 0 aromatic heterocycles. The molecule has 1 aliphatic rings. The van der Waals surface area contributed by atoms with Crippen LogP contribution in [0.25, 0.3) is 0 Å². The molecular weight excluding hydrogens is 218 g/mol. The molecule has 2 rings (SSSR count). The Labute approximate surface area is 92.0 Å². The van der Waals surface area contributed by atoms with E-state index in [1.807, 2.05) is 0 Å². The van der Waals surface area contributed by atoms with Crippen LogP contribution in [0, 0.1) is 17.0 Å². The highest BCUT2D eigenvalue weighted by Gasteiger charge is 2.27. The summed E-state index contributed by atoms with van der Waals surface area (Å²) >= 11 is 5.89. The third kappa shape index (κ3) is 2.21. The van der Waals surface area contributed by atoms with E-state index in [0.717, 1.165) is 12.8 Å². The molecule has 80 valence electrons. The average Bonchev–Trinajstić information content (AvgIpc) is 2.94. The number of nitro groups is 1. The SMILES string of the molecule is Cc1cc([N+](=O)[O-])c(OC2CC2)cc1Cl. The van der Waals surface area contributed by atoms with Gasteiger partial charge >= 0.3 is 5.69 Å². The summed E-state index contributed by atoms with van der Waals surface area (Å²) in [5.74, 6) is 0.276. The number of rotatable bonds is 3. The molecule has 0 spiro atoms. The van der Waals surface area contributed by atoms with Crippen molar-refractivity contribution in [3.63, 3.8) is 0 Å². The monoisotopic (exact) mass is 227 g/mol. The highest BCUT2D eigenvalue weighted by atomic mass is 35.5. The Balaban J connectivity index is 2.39. The maximum atomic E-state index is 10.8. The standard InChI is InChI=1S/C10H10ClNO3/c1-6-4-9(12(13)14)10(5-8(6)11)15-7-2-3-7/h4-5,7H,2-3H2,1H3. The lowest BCUT2D eigenvalue weighted by Crippen LogP contribution is -2.00. The fourth-order valence-corrected chi connectivity index (χ4v) is 1.40. The van der Waals surface area contributed by atoms with Crippen molar-refractivity contribution in [3.05, 3.63) is 32.8 Å². The lowest BCUT2D eigenvalue weighted by molar-refractivity contribution is -0.386. The Morgan fingerprint density at radius 1 is 1.53 bits per heavy atom. The minimum absolute atomic E-state index is 0.0104. The molecule has 0 radical (unpaired) electrons. The maximum Gasteiger partial charge on any atom is 0.311 e. The van der Waals surface area contributed by atoms with Gasteiger partial charge in [0, 0.05) is 17.2 Å². The van der Waals surface area contributed by atoms with Gasteiger partial charge in [0.2, 0.25) is 0 Å². The van der Waals surface area contributed by atoms with Crippen LogP contribution in [0.5, 0.6) is 5.75 Å². The first kappa shape index (κ1) is 10.2. The predicted octanol–water partition coefficient (Wildman–Crippen LogP) is 3.10. The second-order valence-electron chi connectivity index (χ2n) is 3.64. The molecule has 0 N–H and O–H groups in total. The van der Waals surface area contributed by atoms with Crippen molar-refractivity contribution in [2.24, 2.45) is 0 Å². The van der Waals surface area contributed by atoms with E-state index < -0.39 is 4.92 Å². The molecule has 0 amide bonds. The quantitative estimate of drug-likeness (QED) is 0.589. The molecule has 1 aliphatic carbocycles. The largest absolute Gasteiger partial charge is 0.483 e. The molecule has 5 heteroatoms. The molecule has 0 unspecified atom stereocenters. The van der Waals surface area contributed by atoms with E-state index in [4.69, 9.17) is 16.3 Å². The third-order valence-electron chi connectivity index (χ3n) is 2.25. The van der Waals surface area contributed by atoms with Crippen molar-refractivity contribution in [2.45, 2.75) is 25.9 Å². The van der Waals surface area contributed by atoms with Gasteiger partial charge in [0.1, 0.15) is 0 Å². The van der Waals surface area contributed by atoms with E-state index in [2.05, 4.69) is 0 Å². The Bertz CT molecular complexity index is 415. The van der Waals surface area contributed by atoms with Crippen LogP contribution in [0.1, 0.15) is 18.4 Å². The zero-order chi connectivity index (χ0) is 11.0. The van der Waals surface area contributed by atoms with Gasteiger partial charge in [0.25, 0.3) is 0 Å². The number of aryl methyl sites for hydroxylation is 1. The summed E-state index contributed by atoms with van der Waals surface area (Å²) in [5.41, 5.74) is 0.676. The van der Waals surface area contributed by atoms with E-state index in [0.29, 0.717) is 10.6 Å². The normalized spacial score (nSPS) is 15.1. The Morgan fingerprint density at radius 2 is 2.20 bits per heavy atom. The average molecular weight is 228 g/mol. The molecule has 1 aromatic rings. The Kier molecular flexibility index (Phi) is 2.52. The van der Waals surface area contributed by atoms with Crippen LogP contribution in [-0.4, -0.2) is 11.0 Å². The topological polar surface area (TPSA) is 52.4 Å². The summed E-state index contributed by atoms with van der Waals surface area (Å²) in [4.78, 5) is 10.3. The number of benzene rings is 1. The molecule has 1 saturated carbocycles. The van der Waals surface area contributed by atoms with Crippen molar-refractivity contribution in [2.75, 3.05) is 0 Å². The zero-order valence-electron chi connectivity index (χ0n) is 8.20. The highest BCUT2D eigenvalue weighted by Crippen LogP contribution is 2.36. The number of nitro benzene ring substituents is 1.